The van der Waals surface area contributed by atoms with Crippen LogP contribution in [0.3, 0.4) is 0 Å². The van der Waals surface area contributed by atoms with Crippen molar-refractivity contribution in [1.82, 2.24) is 4.57 Å². The number of fused-ring (bicyclic) bond motifs is 1. The van der Waals surface area contributed by atoms with E-state index in [1.54, 1.807) is 50.3 Å². The molecule has 0 spiro atoms. The van der Waals surface area contributed by atoms with Crippen LogP contribution in [0.1, 0.15) is 57.4 Å². The minimum Gasteiger partial charge on any atom is -0.490 e. The first-order valence-electron chi connectivity index (χ1n) is 17.1. The van der Waals surface area contributed by atoms with E-state index in [0.29, 0.717) is 60.1 Å². The van der Waals surface area contributed by atoms with Gasteiger partial charge in [0, 0.05) is 46.0 Å². The van der Waals surface area contributed by atoms with E-state index in [9.17, 15) is 14.4 Å². The van der Waals surface area contributed by atoms with Gasteiger partial charge in [0.05, 0.1) is 42.2 Å². The summed E-state index contributed by atoms with van der Waals surface area (Å²) in [5.41, 5.74) is 3.20. The number of anilines is 1. The van der Waals surface area contributed by atoms with Gasteiger partial charge in [0.15, 0.2) is 22.9 Å². The Bertz CT molecular complexity index is 2210. The van der Waals surface area contributed by atoms with Gasteiger partial charge in [0.2, 0.25) is 0 Å². The fourth-order valence-corrected chi connectivity index (χ4v) is 7.37. The summed E-state index contributed by atoms with van der Waals surface area (Å²) in [6, 6.07) is 15.2. The maximum Gasteiger partial charge on any atom is 0.343 e. The molecule has 14 heteroatoms. The molecule has 280 valence electrons. The molecular formula is C39H41Cl2N3O8S. The highest BCUT2D eigenvalue weighted by molar-refractivity contribution is 7.07. The molecule has 0 saturated carbocycles. The Hall–Kier alpha value is -4.78. The number of carbonyl (C=O) groups excluding carboxylic acids is 2. The number of carbonyl (C=O) groups is 2. The van der Waals surface area contributed by atoms with Crippen molar-refractivity contribution in [2.75, 3.05) is 44.9 Å². The molecule has 1 atom stereocenters. The summed E-state index contributed by atoms with van der Waals surface area (Å²) < 4.78 is 30.0. The van der Waals surface area contributed by atoms with Crippen LogP contribution >= 0.6 is 34.5 Å². The van der Waals surface area contributed by atoms with Crippen LogP contribution in [-0.2, 0) is 25.7 Å². The first-order valence-corrected chi connectivity index (χ1v) is 18.7. The van der Waals surface area contributed by atoms with Crippen molar-refractivity contribution in [3.63, 3.8) is 0 Å². The first-order chi connectivity index (χ1) is 25.5. The van der Waals surface area contributed by atoms with Crippen molar-refractivity contribution >= 4 is 58.2 Å². The number of halogens is 2. The van der Waals surface area contributed by atoms with E-state index in [1.807, 2.05) is 31.2 Å². The Morgan fingerprint density at radius 2 is 1.70 bits per heavy atom. The van der Waals surface area contributed by atoms with Crippen LogP contribution in [0.25, 0.3) is 6.08 Å². The van der Waals surface area contributed by atoms with E-state index in [2.05, 4.69) is 18.7 Å². The zero-order valence-corrected chi connectivity index (χ0v) is 32.7. The van der Waals surface area contributed by atoms with Gasteiger partial charge in [-0.3, -0.25) is 9.36 Å². The number of thiazole rings is 1. The van der Waals surface area contributed by atoms with E-state index >= 15 is 0 Å². The summed E-state index contributed by atoms with van der Waals surface area (Å²) >= 11 is 13.8. The first kappa shape index (κ1) is 39.4. The second-order valence-corrected chi connectivity index (χ2v) is 13.6. The molecular weight excluding hydrogens is 741 g/mol. The molecule has 0 bridgehead atoms. The molecule has 5 rings (SSSR count). The molecule has 1 aliphatic rings. The second-order valence-electron chi connectivity index (χ2n) is 11.7. The summed E-state index contributed by atoms with van der Waals surface area (Å²) in [5, 5.41) is 1.01. The molecule has 1 aromatic heterocycles. The Balaban J connectivity index is 1.65. The smallest absolute Gasteiger partial charge is 0.343 e. The van der Waals surface area contributed by atoms with Crippen LogP contribution in [0.4, 0.5) is 5.69 Å². The van der Waals surface area contributed by atoms with Crippen LogP contribution in [0, 0.1) is 0 Å². The maximum atomic E-state index is 14.5. The van der Waals surface area contributed by atoms with Crippen LogP contribution in [0.15, 0.2) is 75.7 Å². The highest BCUT2D eigenvalue weighted by atomic mass is 35.5. The van der Waals surface area contributed by atoms with Gasteiger partial charge in [-0.25, -0.2) is 14.6 Å². The maximum absolute atomic E-state index is 14.5. The second kappa shape index (κ2) is 17.8. The third-order valence-electron chi connectivity index (χ3n) is 8.48. The van der Waals surface area contributed by atoms with Gasteiger partial charge in [-0.15, -0.1) is 0 Å². The lowest BCUT2D eigenvalue weighted by Gasteiger charge is -2.25. The Kier molecular flexibility index (Phi) is 13.3. The molecule has 53 heavy (non-hydrogen) atoms. The molecule has 3 aromatic carbocycles. The average Bonchev–Trinajstić information content (AvgIpc) is 3.44. The molecule has 0 saturated heterocycles. The zero-order valence-electron chi connectivity index (χ0n) is 30.4. The molecule has 1 aliphatic heterocycles. The summed E-state index contributed by atoms with van der Waals surface area (Å²) in [5.74, 6) is 0.0182. The van der Waals surface area contributed by atoms with E-state index in [1.165, 1.54) is 23.0 Å². The van der Waals surface area contributed by atoms with Gasteiger partial charge in [0.25, 0.3) is 5.56 Å². The van der Waals surface area contributed by atoms with E-state index in [-0.39, 0.29) is 31.0 Å². The number of hydrogen-bond acceptors (Lipinski definition) is 11. The number of benzene rings is 3. The van der Waals surface area contributed by atoms with Crippen molar-refractivity contribution in [3.05, 3.63) is 112 Å². The summed E-state index contributed by atoms with van der Waals surface area (Å²) in [4.78, 5) is 47.1. The molecule has 11 nitrogen and oxygen atoms in total. The Morgan fingerprint density at radius 3 is 2.38 bits per heavy atom. The largest absolute Gasteiger partial charge is 0.490 e. The van der Waals surface area contributed by atoms with Crippen molar-refractivity contribution in [2.45, 2.75) is 47.3 Å². The number of methoxy groups -OCH3 is 1. The fourth-order valence-electron chi connectivity index (χ4n) is 5.87. The summed E-state index contributed by atoms with van der Waals surface area (Å²) in [6.45, 7) is 11.3. The SMILES string of the molecule is CCOC(=O)C1=C(C)N=c2s/c(=C/c3ccc(N(CC)CC)cc3OCc3ccc(Cl)cc3Cl)c(=O)n2[C@H]1c1ccc(OCC(=O)OC)c(OCC)c1. The van der Waals surface area contributed by atoms with E-state index in [4.69, 9.17) is 51.9 Å². The predicted molar refractivity (Wildman–Crippen MR) is 206 cm³/mol. The highest BCUT2D eigenvalue weighted by Crippen LogP contribution is 2.37. The van der Waals surface area contributed by atoms with Gasteiger partial charge in [0.1, 0.15) is 12.4 Å². The third kappa shape index (κ3) is 8.89. The number of rotatable bonds is 15. The lowest BCUT2D eigenvalue weighted by molar-refractivity contribution is -0.143. The lowest BCUT2D eigenvalue weighted by Crippen LogP contribution is -2.40. The number of aromatic nitrogens is 1. The standard InChI is InChI=1S/C39H41Cl2N3O8S/c1-7-43(8-2)28-15-12-24(31(20-28)51-21-26-11-14-27(40)19-29(26)41)18-33-37(46)44-36(35(38(47)50-10-4)23(5)42-39(44)53-33)25-13-16-30(32(17-25)49-9-3)52-22-34(45)48-6/h11-20,36H,7-10,21-22H2,1-6H3/b33-18+/t36-/m0/s1. The van der Waals surface area contributed by atoms with Gasteiger partial charge >= 0.3 is 11.9 Å². The molecule has 0 N–H and O–H groups in total. The Labute approximate surface area is 321 Å². The van der Waals surface area contributed by atoms with Crippen LogP contribution in [0.5, 0.6) is 17.2 Å². The van der Waals surface area contributed by atoms with Crippen molar-refractivity contribution < 1.29 is 33.3 Å². The monoisotopic (exact) mass is 781 g/mol. The highest BCUT2D eigenvalue weighted by Gasteiger charge is 2.34. The molecule has 4 aromatic rings. The molecule has 0 amide bonds. The van der Waals surface area contributed by atoms with Gasteiger partial charge in [-0.1, -0.05) is 46.7 Å². The zero-order chi connectivity index (χ0) is 38.2. The van der Waals surface area contributed by atoms with Gasteiger partial charge < -0.3 is 28.6 Å². The van der Waals surface area contributed by atoms with Crippen LogP contribution < -0.4 is 34.0 Å². The minimum absolute atomic E-state index is 0.130. The molecule has 0 radical (unpaired) electrons. The topological polar surface area (TPSA) is 118 Å². The van der Waals surface area contributed by atoms with Crippen LogP contribution in [0.2, 0.25) is 10.0 Å². The predicted octanol–water partition coefficient (Wildman–Crippen LogP) is 6.48. The summed E-state index contributed by atoms with van der Waals surface area (Å²) in [6.07, 6.45) is 1.77. The molecule has 2 heterocycles. The number of allylic oxidation sites excluding steroid dienone is 1. The van der Waals surface area contributed by atoms with E-state index in [0.717, 1.165) is 24.3 Å². The average molecular weight is 783 g/mol. The normalized spacial score (nSPS) is 14.0. The van der Waals surface area contributed by atoms with Crippen molar-refractivity contribution in [2.24, 2.45) is 4.99 Å². The fraction of sp³-hybridized carbons (Fsp3) is 0.333. The van der Waals surface area contributed by atoms with Crippen molar-refractivity contribution in [3.8, 4) is 17.2 Å². The third-order valence-corrected chi connectivity index (χ3v) is 10.1. The Morgan fingerprint density at radius 1 is 0.925 bits per heavy atom. The number of ether oxygens (including phenoxy) is 5. The van der Waals surface area contributed by atoms with E-state index < -0.39 is 18.0 Å². The summed E-state index contributed by atoms with van der Waals surface area (Å²) in [7, 11) is 1.27. The van der Waals surface area contributed by atoms with Crippen LogP contribution in [-0.4, -0.2) is 56.5 Å². The molecule has 0 unspecified atom stereocenters. The quantitative estimate of drug-likeness (QED) is 0.125. The van der Waals surface area contributed by atoms with Crippen molar-refractivity contribution in [1.29, 1.82) is 0 Å². The number of hydrogen-bond donors (Lipinski definition) is 0. The minimum atomic E-state index is -0.908. The molecule has 0 aliphatic carbocycles. The number of nitrogens with zero attached hydrogens (tertiary/aromatic N) is 3. The number of esters is 2. The molecule has 0 fully saturated rings. The lowest BCUT2D eigenvalue weighted by atomic mass is 9.95. The van der Waals surface area contributed by atoms with Gasteiger partial charge in [-0.2, -0.15) is 0 Å². The van der Waals surface area contributed by atoms with Gasteiger partial charge in [-0.05, 0) is 82.7 Å².